The number of nitrogens with two attached hydrogens (primary N) is 1. The van der Waals surface area contributed by atoms with Crippen LogP contribution in [0.25, 0.3) is 16.6 Å². The lowest BCUT2D eigenvalue weighted by Gasteiger charge is -2.31. The normalized spacial score (nSPS) is 17.0. The Balaban J connectivity index is 1.48. The van der Waals surface area contributed by atoms with Crippen molar-refractivity contribution in [3.8, 4) is 11.1 Å². The second-order valence-electron chi connectivity index (χ2n) is 13.0. The summed E-state index contributed by atoms with van der Waals surface area (Å²) in [5, 5.41) is 14.5. The van der Waals surface area contributed by atoms with Gasteiger partial charge >= 0.3 is 6.09 Å². The van der Waals surface area contributed by atoms with Crippen LogP contribution in [-0.4, -0.2) is 45.1 Å². The van der Waals surface area contributed by atoms with Crippen LogP contribution in [0.4, 0.5) is 20.6 Å². The highest BCUT2D eigenvalue weighted by Gasteiger charge is 2.26. The number of halogens is 2. The minimum atomic E-state index is -0.565. The number of carbonyl (C=O) groups excluding carboxylic acids is 2. The molecule has 2 aromatic carbocycles. The van der Waals surface area contributed by atoms with Crippen LogP contribution in [-0.2, 0) is 16.1 Å². The van der Waals surface area contributed by atoms with Gasteiger partial charge < -0.3 is 26.4 Å². The van der Waals surface area contributed by atoms with E-state index in [0.29, 0.717) is 12.1 Å². The molecular weight excluding hydrogens is 621 g/mol. The van der Waals surface area contributed by atoms with Gasteiger partial charge in [-0.1, -0.05) is 23.7 Å². The molecule has 0 bridgehead atoms. The van der Waals surface area contributed by atoms with E-state index < -0.39 is 17.5 Å². The summed E-state index contributed by atoms with van der Waals surface area (Å²) < 4.78 is 21.3. The average Bonchev–Trinajstić information content (AvgIpc) is 3.43. The van der Waals surface area contributed by atoms with Crippen molar-refractivity contribution in [3.05, 3.63) is 82.4 Å². The van der Waals surface area contributed by atoms with Gasteiger partial charge in [0.1, 0.15) is 17.3 Å². The van der Waals surface area contributed by atoms with Crippen molar-refractivity contribution >= 4 is 46.3 Å². The summed E-state index contributed by atoms with van der Waals surface area (Å²) >= 11 is 6.31. The molecule has 10 nitrogen and oxygen atoms in total. The van der Waals surface area contributed by atoms with E-state index in [4.69, 9.17) is 22.1 Å². The zero-order chi connectivity index (χ0) is 33.9. The molecule has 5 rings (SSSR count). The molecule has 0 unspecified atom stereocenters. The Morgan fingerprint density at radius 3 is 2.53 bits per heavy atom. The number of fused-ring (bicyclic) bond motifs is 1. The predicted molar refractivity (Wildman–Crippen MR) is 184 cm³/mol. The van der Waals surface area contributed by atoms with Gasteiger partial charge in [-0.05, 0) is 94.3 Å². The van der Waals surface area contributed by atoms with E-state index in [1.807, 2.05) is 52.1 Å². The third kappa shape index (κ3) is 8.59. The number of anilines is 1. The maximum absolute atomic E-state index is 14.0. The maximum atomic E-state index is 14.0. The molecule has 47 heavy (non-hydrogen) atoms. The minimum absolute atomic E-state index is 0.00854. The standard InChI is InChI=1S/C35H41ClFN7O3/c1-20-6-7-22(17-39-21(2)45)14-27(20)23-15-31-32(41-25-9-11-26(12-10-25)42-34(46)47-35(3,4)5)28(18-40-44(31)19-23)33(38)43-30-16-24(37)8-13-29(30)36/h6-8,13-16,18-19,25-26,41H,9-12,17H2,1-5H3,(H2,38,43)(H,39,45)(H,42,46)/t25-,26-. The van der Waals surface area contributed by atoms with E-state index in [1.165, 1.54) is 25.1 Å². The summed E-state index contributed by atoms with van der Waals surface area (Å²) in [5.74, 6) is -0.439. The van der Waals surface area contributed by atoms with E-state index in [9.17, 15) is 14.0 Å². The van der Waals surface area contributed by atoms with Gasteiger partial charge in [0.25, 0.3) is 0 Å². The van der Waals surface area contributed by atoms with Gasteiger partial charge in [-0.2, -0.15) is 5.10 Å². The van der Waals surface area contributed by atoms with Gasteiger partial charge in [0.15, 0.2) is 0 Å². The topological polar surface area (TPSA) is 135 Å². The van der Waals surface area contributed by atoms with Gasteiger partial charge in [-0.15, -0.1) is 0 Å². The maximum Gasteiger partial charge on any atom is 0.407 e. The van der Waals surface area contributed by atoms with Crippen molar-refractivity contribution in [1.82, 2.24) is 20.2 Å². The third-order valence-electron chi connectivity index (χ3n) is 8.01. The molecule has 12 heteroatoms. The van der Waals surface area contributed by atoms with E-state index in [-0.39, 0.29) is 34.5 Å². The van der Waals surface area contributed by atoms with Crippen LogP contribution in [0.2, 0.25) is 5.02 Å². The molecule has 248 valence electrons. The molecule has 1 aliphatic carbocycles. The zero-order valence-electron chi connectivity index (χ0n) is 27.3. The number of alkyl carbamates (subject to hydrolysis) is 1. The highest BCUT2D eigenvalue weighted by molar-refractivity contribution is 6.33. The minimum Gasteiger partial charge on any atom is -0.444 e. The fraction of sp³-hybridized carbons (Fsp3) is 0.371. The summed E-state index contributed by atoms with van der Waals surface area (Å²) in [6.07, 6.45) is 6.29. The van der Waals surface area contributed by atoms with Crippen LogP contribution in [0.5, 0.6) is 0 Å². The number of rotatable bonds is 8. The van der Waals surface area contributed by atoms with Gasteiger partial charge in [0, 0.05) is 43.4 Å². The number of hydrogen-bond donors (Lipinski definition) is 4. The Labute approximate surface area is 278 Å². The molecule has 4 aromatic rings. The highest BCUT2D eigenvalue weighted by Crippen LogP contribution is 2.34. The second kappa shape index (κ2) is 14.0. The van der Waals surface area contributed by atoms with Crippen LogP contribution in [0, 0.1) is 12.7 Å². The van der Waals surface area contributed by atoms with E-state index in [1.54, 1.807) is 10.7 Å². The number of aromatic nitrogens is 2. The smallest absolute Gasteiger partial charge is 0.407 e. The number of nitrogens with zero attached hydrogens (tertiary/aromatic N) is 3. The van der Waals surface area contributed by atoms with Gasteiger partial charge in [0.2, 0.25) is 5.91 Å². The van der Waals surface area contributed by atoms with E-state index in [0.717, 1.165) is 59.1 Å². The fourth-order valence-electron chi connectivity index (χ4n) is 5.69. The van der Waals surface area contributed by atoms with E-state index >= 15 is 0 Å². The second-order valence-corrected chi connectivity index (χ2v) is 13.4. The number of benzene rings is 2. The zero-order valence-corrected chi connectivity index (χ0v) is 28.0. The van der Waals surface area contributed by atoms with Crippen LogP contribution in [0.3, 0.4) is 0 Å². The number of ether oxygens (including phenoxy) is 1. The van der Waals surface area contributed by atoms with Gasteiger partial charge in [0.05, 0.1) is 33.7 Å². The quantitative estimate of drug-likeness (QED) is 0.118. The number of amides is 2. The molecule has 0 aliphatic heterocycles. The summed E-state index contributed by atoms with van der Waals surface area (Å²) in [7, 11) is 0. The molecule has 2 aromatic heterocycles. The molecule has 1 saturated carbocycles. The molecule has 1 aliphatic rings. The lowest BCUT2D eigenvalue weighted by molar-refractivity contribution is -0.119. The number of carbonyl (C=O) groups is 2. The summed E-state index contributed by atoms with van der Waals surface area (Å²) in [6, 6.07) is 12.2. The Hall–Kier alpha value is -4.64. The van der Waals surface area contributed by atoms with Crippen LogP contribution < -0.4 is 21.7 Å². The molecule has 2 amide bonds. The first-order valence-corrected chi connectivity index (χ1v) is 16.0. The molecular formula is C35H41ClFN7O3. The van der Waals surface area contributed by atoms with Crippen molar-refractivity contribution in [1.29, 1.82) is 0 Å². The van der Waals surface area contributed by atoms with Crippen LogP contribution in [0.15, 0.2) is 59.9 Å². The monoisotopic (exact) mass is 661 g/mol. The van der Waals surface area contributed by atoms with E-state index in [2.05, 4.69) is 32.1 Å². The molecule has 1 fully saturated rings. The predicted octanol–water partition coefficient (Wildman–Crippen LogP) is 7.02. The Bertz CT molecular complexity index is 1820. The molecule has 5 N–H and O–H groups in total. The van der Waals surface area contributed by atoms with Gasteiger partial charge in [-0.25, -0.2) is 18.7 Å². The Morgan fingerprint density at radius 2 is 1.83 bits per heavy atom. The van der Waals surface area contributed by atoms with Gasteiger partial charge in [-0.3, -0.25) is 4.79 Å². The summed E-state index contributed by atoms with van der Waals surface area (Å²) in [4.78, 5) is 28.4. The van der Waals surface area contributed by atoms with Crippen molar-refractivity contribution in [2.24, 2.45) is 10.7 Å². The number of amidine groups is 1. The molecule has 0 radical (unpaired) electrons. The highest BCUT2D eigenvalue weighted by atomic mass is 35.5. The summed E-state index contributed by atoms with van der Waals surface area (Å²) in [5.41, 5.74) is 12.3. The largest absolute Gasteiger partial charge is 0.444 e. The number of aryl methyl sites for hydroxylation is 1. The number of hydrogen-bond acceptors (Lipinski definition) is 6. The summed E-state index contributed by atoms with van der Waals surface area (Å²) in [6.45, 7) is 9.48. The SMILES string of the molecule is CC(=O)NCc1ccc(C)c(-c2cc3c(N[C@H]4CC[C@H](NC(=O)OC(C)(C)C)CC4)c(/C(N)=N/c4cc(F)ccc4Cl)cnn3c2)c1. The Kier molecular flexibility index (Phi) is 10.0. The van der Waals surface area contributed by atoms with Crippen molar-refractivity contribution in [2.45, 2.75) is 84.5 Å². The average molecular weight is 662 g/mol. The van der Waals surface area contributed by atoms with Crippen LogP contribution >= 0.6 is 11.6 Å². The number of nitrogens with one attached hydrogen (secondary N) is 3. The Morgan fingerprint density at radius 1 is 1.11 bits per heavy atom. The first-order valence-electron chi connectivity index (χ1n) is 15.7. The van der Waals surface area contributed by atoms with Crippen molar-refractivity contribution in [3.63, 3.8) is 0 Å². The van der Waals surface area contributed by atoms with Crippen molar-refractivity contribution in [2.75, 3.05) is 5.32 Å². The molecule has 2 heterocycles. The first-order chi connectivity index (χ1) is 22.3. The fourth-order valence-corrected chi connectivity index (χ4v) is 5.85. The lowest BCUT2D eigenvalue weighted by atomic mass is 9.91. The molecule has 0 atom stereocenters. The van der Waals surface area contributed by atoms with Crippen LogP contribution in [0.1, 0.15) is 70.1 Å². The molecule has 0 saturated heterocycles. The van der Waals surface area contributed by atoms with Crippen molar-refractivity contribution < 1.29 is 18.7 Å². The lowest BCUT2D eigenvalue weighted by Crippen LogP contribution is -2.42. The molecule has 0 spiro atoms. The number of aliphatic imine (C=N–C) groups is 1. The third-order valence-corrected chi connectivity index (χ3v) is 8.33. The first kappa shape index (κ1) is 33.7.